The number of pyridine rings is 1. The van der Waals surface area contributed by atoms with Gasteiger partial charge in [0.1, 0.15) is 5.82 Å². The fourth-order valence-electron chi connectivity index (χ4n) is 1.51. The van der Waals surface area contributed by atoms with E-state index in [9.17, 15) is 4.79 Å². The van der Waals surface area contributed by atoms with Gasteiger partial charge in [0.05, 0.1) is 6.54 Å². The van der Waals surface area contributed by atoms with Crippen molar-refractivity contribution in [2.75, 3.05) is 37.8 Å². The highest BCUT2D eigenvalue weighted by Crippen LogP contribution is 2.15. The van der Waals surface area contributed by atoms with E-state index in [0.29, 0.717) is 12.4 Å². The van der Waals surface area contributed by atoms with E-state index in [1.54, 1.807) is 31.3 Å². The first-order chi connectivity index (χ1) is 8.04. The third-order valence-corrected chi connectivity index (χ3v) is 2.45. The number of amides is 1. The van der Waals surface area contributed by atoms with Crippen molar-refractivity contribution in [2.24, 2.45) is 0 Å². The van der Waals surface area contributed by atoms with Crippen LogP contribution in [0.4, 0.5) is 11.5 Å². The predicted octanol–water partition coefficient (Wildman–Crippen LogP) is 0.968. The number of carbonyl (C=O) groups excluding carboxylic acids is 1. The zero-order chi connectivity index (χ0) is 12.8. The van der Waals surface area contributed by atoms with Crippen LogP contribution in [0.2, 0.25) is 0 Å². The molecule has 0 aliphatic carbocycles. The minimum absolute atomic E-state index is 0.0776. The van der Waals surface area contributed by atoms with E-state index in [0.717, 1.165) is 18.7 Å². The number of nitrogens with zero attached hydrogens (tertiary/aromatic N) is 3. The summed E-state index contributed by atoms with van der Waals surface area (Å²) in [5.74, 6) is 0.551. The summed E-state index contributed by atoms with van der Waals surface area (Å²) in [4.78, 5) is 19.3. The summed E-state index contributed by atoms with van der Waals surface area (Å²) >= 11 is 0. The second-order valence-corrected chi connectivity index (χ2v) is 4.15. The molecule has 1 heterocycles. The Hall–Kier alpha value is -1.78. The summed E-state index contributed by atoms with van der Waals surface area (Å²) in [6.45, 7) is 3.27. The van der Waals surface area contributed by atoms with Crippen LogP contribution in [0.1, 0.15) is 13.3 Å². The maximum Gasteiger partial charge on any atom is 0.241 e. The number of carbonyl (C=O) groups is 1. The Morgan fingerprint density at radius 3 is 2.71 bits per heavy atom. The molecular weight excluding hydrogens is 216 g/mol. The van der Waals surface area contributed by atoms with Crippen molar-refractivity contribution in [1.29, 1.82) is 0 Å². The molecule has 0 radical (unpaired) electrons. The van der Waals surface area contributed by atoms with Gasteiger partial charge in [-0.25, -0.2) is 4.98 Å². The molecule has 0 saturated heterocycles. The van der Waals surface area contributed by atoms with Crippen molar-refractivity contribution in [2.45, 2.75) is 13.3 Å². The summed E-state index contributed by atoms with van der Waals surface area (Å²) in [6.07, 6.45) is 2.64. The molecule has 0 spiro atoms. The molecule has 94 valence electrons. The van der Waals surface area contributed by atoms with Crippen LogP contribution in [0.25, 0.3) is 0 Å². The van der Waals surface area contributed by atoms with Crippen molar-refractivity contribution in [3.8, 4) is 0 Å². The minimum Gasteiger partial charge on any atom is -0.384 e. The number of anilines is 2. The standard InChI is InChI=1S/C12H20N4O/c1-4-7-16(9-12(17)15(2)3)10-5-6-14-11(13)8-10/h5-6,8H,4,7,9H2,1-3H3,(H2,13,14). The first kappa shape index (κ1) is 13.3. The molecular formula is C12H20N4O. The van der Waals surface area contributed by atoms with Gasteiger partial charge >= 0.3 is 0 Å². The predicted molar refractivity (Wildman–Crippen MR) is 69.8 cm³/mol. The van der Waals surface area contributed by atoms with E-state index in [1.165, 1.54) is 0 Å². The summed E-state index contributed by atoms with van der Waals surface area (Å²) in [5, 5.41) is 0. The molecule has 1 aromatic rings. The SMILES string of the molecule is CCCN(CC(=O)N(C)C)c1ccnc(N)c1. The van der Waals surface area contributed by atoms with Crippen LogP contribution >= 0.6 is 0 Å². The number of nitrogens with two attached hydrogens (primary N) is 1. The van der Waals surface area contributed by atoms with Gasteiger partial charge in [-0.05, 0) is 12.5 Å². The summed E-state index contributed by atoms with van der Waals surface area (Å²) in [6, 6.07) is 3.66. The average molecular weight is 236 g/mol. The highest BCUT2D eigenvalue weighted by Gasteiger charge is 2.12. The Labute approximate surface area is 102 Å². The molecule has 0 aliphatic rings. The van der Waals surface area contributed by atoms with Crippen molar-refractivity contribution in [3.05, 3.63) is 18.3 Å². The average Bonchev–Trinajstić information content (AvgIpc) is 2.28. The van der Waals surface area contributed by atoms with Gasteiger partial charge in [-0.1, -0.05) is 6.92 Å². The Morgan fingerprint density at radius 1 is 1.47 bits per heavy atom. The molecule has 0 atom stereocenters. The van der Waals surface area contributed by atoms with Gasteiger partial charge < -0.3 is 15.5 Å². The first-order valence-corrected chi connectivity index (χ1v) is 5.71. The second kappa shape index (κ2) is 6.08. The van der Waals surface area contributed by atoms with Crippen LogP contribution in [0.3, 0.4) is 0 Å². The number of nitrogen functional groups attached to an aromatic ring is 1. The van der Waals surface area contributed by atoms with Crippen molar-refractivity contribution in [1.82, 2.24) is 9.88 Å². The van der Waals surface area contributed by atoms with E-state index in [1.807, 2.05) is 11.0 Å². The molecule has 0 aliphatic heterocycles. The Kier molecular flexibility index (Phi) is 4.75. The van der Waals surface area contributed by atoms with Crippen LogP contribution in [-0.2, 0) is 4.79 Å². The van der Waals surface area contributed by atoms with Crippen LogP contribution < -0.4 is 10.6 Å². The number of likely N-dealkylation sites (N-methyl/N-ethyl adjacent to an activating group) is 1. The third kappa shape index (κ3) is 3.94. The monoisotopic (exact) mass is 236 g/mol. The van der Waals surface area contributed by atoms with Gasteiger partial charge in [0.25, 0.3) is 0 Å². The van der Waals surface area contributed by atoms with E-state index >= 15 is 0 Å². The van der Waals surface area contributed by atoms with Gasteiger partial charge in [0.15, 0.2) is 0 Å². The van der Waals surface area contributed by atoms with Gasteiger partial charge in [0.2, 0.25) is 5.91 Å². The van der Waals surface area contributed by atoms with Crippen molar-refractivity contribution >= 4 is 17.4 Å². The maximum absolute atomic E-state index is 11.7. The van der Waals surface area contributed by atoms with E-state index in [-0.39, 0.29) is 5.91 Å². The second-order valence-electron chi connectivity index (χ2n) is 4.15. The third-order valence-electron chi connectivity index (χ3n) is 2.45. The fraction of sp³-hybridized carbons (Fsp3) is 0.500. The molecule has 5 nitrogen and oxygen atoms in total. The first-order valence-electron chi connectivity index (χ1n) is 5.71. The zero-order valence-electron chi connectivity index (χ0n) is 10.7. The van der Waals surface area contributed by atoms with Crippen molar-refractivity contribution in [3.63, 3.8) is 0 Å². The number of hydrogen-bond acceptors (Lipinski definition) is 4. The number of aromatic nitrogens is 1. The zero-order valence-corrected chi connectivity index (χ0v) is 10.7. The Bertz CT molecular complexity index is 379. The molecule has 0 unspecified atom stereocenters. The largest absolute Gasteiger partial charge is 0.384 e. The molecule has 0 saturated carbocycles. The Balaban J connectivity index is 2.82. The lowest BCUT2D eigenvalue weighted by Gasteiger charge is -2.25. The highest BCUT2D eigenvalue weighted by molar-refractivity contribution is 5.81. The van der Waals surface area contributed by atoms with Gasteiger partial charge in [-0.15, -0.1) is 0 Å². The number of hydrogen-bond donors (Lipinski definition) is 1. The summed E-state index contributed by atoms with van der Waals surface area (Å²) in [7, 11) is 3.51. The van der Waals surface area contributed by atoms with Gasteiger partial charge in [-0.2, -0.15) is 0 Å². The van der Waals surface area contributed by atoms with E-state index in [4.69, 9.17) is 5.73 Å². The summed E-state index contributed by atoms with van der Waals surface area (Å²) in [5.41, 5.74) is 6.59. The normalized spacial score (nSPS) is 10.1. The minimum atomic E-state index is 0.0776. The van der Waals surface area contributed by atoms with Gasteiger partial charge in [0, 0.05) is 38.6 Å². The van der Waals surface area contributed by atoms with E-state index in [2.05, 4.69) is 11.9 Å². The van der Waals surface area contributed by atoms with Crippen LogP contribution in [-0.4, -0.2) is 43.0 Å². The smallest absolute Gasteiger partial charge is 0.241 e. The molecule has 1 aromatic heterocycles. The lowest BCUT2D eigenvalue weighted by molar-refractivity contribution is -0.127. The topological polar surface area (TPSA) is 62.5 Å². The Morgan fingerprint density at radius 2 is 2.18 bits per heavy atom. The van der Waals surface area contributed by atoms with Crippen molar-refractivity contribution < 1.29 is 4.79 Å². The molecule has 0 fully saturated rings. The lowest BCUT2D eigenvalue weighted by atomic mass is 10.3. The van der Waals surface area contributed by atoms with Gasteiger partial charge in [-0.3, -0.25) is 4.79 Å². The summed E-state index contributed by atoms with van der Waals surface area (Å²) < 4.78 is 0. The fourth-order valence-corrected chi connectivity index (χ4v) is 1.51. The molecule has 2 N–H and O–H groups in total. The number of rotatable bonds is 5. The molecule has 17 heavy (non-hydrogen) atoms. The highest BCUT2D eigenvalue weighted by atomic mass is 16.2. The lowest BCUT2D eigenvalue weighted by Crippen LogP contribution is -2.37. The quantitative estimate of drug-likeness (QED) is 0.827. The van der Waals surface area contributed by atoms with Crippen LogP contribution in [0.5, 0.6) is 0 Å². The molecule has 0 bridgehead atoms. The molecule has 0 aromatic carbocycles. The molecule has 5 heteroatoms. The maximum atomic E-state index is 11.7. The van der Waals surface area contributed by atoms with E-state index < -0.39 is 0 Å². The molecule has 1 rings (SSSR count). The van der Waals surface area contributed by atoms with Crippen LogP contribution in [0.15, 0.2) is 18.3 Å². The van der Waals surface area contributed by atoms with Crippen LogP contribution in [0, 0.1) is 0 Å². The molecule has 1 amide bonds.